The number of imidazole rings is 1. The summed E-state index contributed by atoms with van der Waals surface area (Å²) in [5.41, 5.74) is 3.58. The Bertz CT molecular complexity index is 1210. The first kappa shape index (κ1) is 17.0. The molecule has 1 atom stereocenters. The third-order valence-electron chi connectivity index (χ3n) is 5.42. The number of aromatic nitrogens is 2. The van der Waals surface area contributed by atoms with E-state index in [0.29, 0.717) is 23.3 Å². The molecule has 1 aliphatic rings. The summed E-state index contributed by atoms with van der Waals surface area (Å²) in [6, 6.07) is 15.3. The predicted octanol–water partition coefficient (Wildman–Crippen LogP) is 4.70. The lowest BCUT2D eigenvalue weighted by Gasteiger charge is -2.14. The van der Waals surface area contributed by atoms with Crippen molar-refractivity contribution in [2.75, 3.05) is 0 Å². The molecule has 0 fully saturated rings. The van der Waals surface area contributed by atoms with Crippen molar-refractivity contribution < 1.29 is 14.3 Å². The Kier molecular flexibility index (Phi) is 3.58. The van der Waals surface area contributed by atoms with Crippen LogP contribution in [0.15, 0.2) is 65.5 Å². The Morgan fingerprint density at radius 2 is 2.04 bits per heavy atom. The van der Waals surface area contributed by atoms with Gasteiger partial charge in [-0.3, -0.25) is 4.79 Å². The zero-order valence-electron chi connectivity index (χ0n) is 15.7. The molecule has 5 nitrogen and oxygen atoms in total. The SMILES string of the molecule is CC(C)(O)c1cc2cc(C(=O)CC3c4ccccc4-c4cncn43)ccc2o1. The maximum atomic E-state index is 13.1. The second-order valence-corrected chi connectivity index (χ2v) is 7.84. The monoisotopic (exact) mass is 372 g/mol. The third kappa shape index (κ3) is 2.59. The van der Waals surface area contributed by atoms with E-state index >= 15 is 0 Å². The van der Waals surface area contributed by atoms with Crippen LogP contribution >= 0.6 is 0 Å². The van der Waals surface area contributed by atoms with Gasteiger partial charge in [0.25, 0.3) is 0 Å². The van der Waals surface area contributed by atoms with Crippen LogP contribution < -0.4 is 0 Å². The van der Waals surface area contributed by atoms with Crippen molar-refractivity contribution in [2.45, 2.75) is 31.9 Å². The van der Waals surface area contributed by atoms with E-state index in [4.69, 9.17) is 4.42 Å². The van der Waals surface area contributed by atoms with Gasteiger partial charge in [-0.15, -0.1) is 0 Å². The van der Waals surface area contributed by atoms with Gasteiger partial charge in [0.1, 0.15) is 16.9 Å². The molecular formula is C23H20N2O3. The first-order chi connectivity index (χ1) is 13.4. The molecule has 3 heterocycles. The van der Waals surface area contributed by atoms with Crippen LogP contribution in [-0.2, 0) is 5.60 Å². The Morgan fingerprint density at radius 1 is 1.21 bits per heavy atom. The maximum absolute atomic E-state index is 13.1. The second-order valence-electron chi connectivity index (χ2n) is 7.84. The summed E-state index contributed by atoms with van der Waals surface area (Å²) in [7, 11) is 0. The van der Waals surface area contributed by atoms with Gasteiger partial charge in [0.15, 0.2) is 5.78 Å². The first-order valence-corrected chi connectivity index (χ1v) is 9.32. The molecule has 0 bridgehead atoms. The molecule has 2 aromatic heterocycles. The van der Waals surface area contributed by atoms with Gasteiger partial charge < -0.3 is 14.1 Å². The topological polar surface area (TPSA) is 68.3 Å². The molecule has 1 aliphatic heterocycles. The molecule has 28 heavy (non-hydrogen) atoms. The van der Waals surface area contributed by atoms with Gasteiger partial charge in [-0.2, -0.15) is 0 Å². The quantitative estimate of drug-likeness (QED) is 0.527. The van der Waals surface area contributed by atoms with Crippen molar-refractivity contribution in [3.05, 3.63) is 77.9 Å². The Hall–Kier alpha value is -3.18. The van der Waals surface area contributed by atoms with Gasteiger partial charge in [-0.05, 0) is 43.7 Å². The lowest BCUT2D eigenvalue weighted by Crippen LogP contribution is -2.13. The lowest BCUT2D eigenvalue weighted by molar-refractivity contribution is 0.0559. The van der Waals surface area contributed by atoms with Gasteiger partial charge >= 0.3 is 0 Å². The van der Waals surface area contributed by atoms with Crippen LogP contribution in [0.1, 0.15) is 48.0 Å². The maximum Gasteiger partial charge on any atom is 0.165 e. The van der Waals surface area contributed by atoms with E-state index in [-0.39, 0.29) is 11.8 Å². The average Bonchev–Trinajstić information content (AvgIpc) is 3.36. The van der Waals surface area contributed by atoms with Crippen LogP contribution in [0.4, 0.5) is 0 Å². The van der Waals surface area contributed by atoms with Crippen LogP contribution in [-0.4, -0.2) is 20.4 Å². The molecule has 0 saturated heterocycles. The molecule has 4 aromatic rings. The molecule has 5 heteroatoms. The molecule has 5 rings (SSSR count). The van der Waals surface area contributed by atoms with E-state index in [0.717, 1.165) is 22.2 Å². The number of carbonyl (C=O) groups is 1. The first-order valence-electron chi connectivity index (χ1n) is 9.32. The van der Waals surface area contributed by atoms with Gasteiger partial charge in [-0.1, -0.05) is 24.3 Å². The largest absolute Gasteiger partial charge is 0.458 e. The highest BCUT2D eigenvalue weighted by Crippen LogP contribution is 2.41. The fourth-order valence-corrected chi connectivity index (χ4v) is 3.95. The number of aliphatic hydroxyl groups is 1. The number of carbonyl (C=O) groups excluding carboxylic acids is 1. The summed E-state index contributed by atoms with van der Waals surface area (Å²) < 4.78 is 7.78. The van der Waals surface area contributed by atoms with Crippen LogP contribution in [0.3, 0.4) is 0 Å². The average molecular weight is 372 g/mol. The molecule has 0 saturated carbocycles. The number of rotatable bonds is 4. The normalized spacial score (nSPS) is 15.6. The standard InChI is InChI=1S/C23H20N2O3/c1-23(2,27)22-10-15-9-14(7-8-21(15)28-22)20(26)11-18-16-5-3-4-6-17(16)19-12-24-13-25(18)19/h3-10,12-13,18,27H,11H2,1-2H3. The van der Waals surface area contributed by atoms with Gasteiger partial charge in [-0.25, -0.2) is 4.98 Å². The lowest BCUT2D eigenvalue weighted by atomic mass is 9.96. The van der Waals surface area contributed by atoms with E-state index in [9.17, 15) is 9.90 Å². The predicted molar refractivity (Wildman–Crippen MR) is 106 cm³/mol. The van der Waals surface area contributed by atoms with E-state index in [1.807, 2.05) is 24.4 Å². The molecule has 0 aliphatic carbocycles. The summed E-state index contributed by atoms with van der Waals surface area (Å²) in [5, 5.41) is 11.0. The zero-order chi connectivity index (χ0) is 19.5. The minimum Gasteiger partial charge on any atom is -0.458 e. The summed E-state index contributed by atoms with van der Waals surface area (Å²) in [5.74, 6) is 0.550. The van der Waals surface area contributed by atoms with E-state index in [1.165, 1.54) is 0 Å². The highest BCUT2D eigenvalue weighted by molar-refractivity contribution is 6.00. The minimum atomic E-state index is -1.06. The highest BCUT2D eigenvalue weighted by atomic mass is 16.4. The van der Waals surface area contributed by atoms with Gasteiger partial charge in [0, 0.05) is 22.9 Å². The highest BCUT2D eigenvalue weighted by Gasteiger charge is 2.30. The van der Waals surface area contributed by atoms with Crippen molar-refractivity contribution >= 4 is 16.8 Å². The number of hydrogen-bond donors (Lipinski definition) is 1. The van der Waals surface area contributed by atoms with Crippen molar-refractivity contribution in [1.82, 2.24) is 9.55 Å². The number of benzene rings is 2. The van der Waals surface area contributed by atoms with Crippen molar-refractivity contribution in [2.24, 2.45) is 0 Å². The summed E-state index contributed by atoms with van der Waals surface area (Å²) in [4.78, 5) is 17.3. The molecule has 140 valence electrons. The zero-order valence-corrected chi connectivity index (χ0v) is 15.7. The number of ketones is 1. The minimum absolute atomic E-state index is 0.0480. The summed E-state index contributed by atoms with van der Waals surface area (Å²) in [6.07, 6.45) is 4.00. The number of nitrogens with zero attached hydrogens (tertiary/aromatic N) is 2. The molecule has 1 unspecified atom stereocenters. The number of hydrogen-bond acceptors (Lipinski definition) is 4. The second kappa shape index (κ2) is 5.91. The van der Waals surface area contributed by atoms with E-state index in [1.54, 1.807) is 38.4 Å². The Balaban J connectivity index is 1.48. The fraction of sp³-hybridized carbons (Fsp3) is 0.217. The molecule has 0 spiro atoms. The smallest absolute Gasteiger partial charge is 0.165 e. The van der Waals surface area contributed by atoms with Gasteiger partial charge in [0.05, 0.1) is 24.3 Å². The van der Waals surface area contributed by atoms with Crippen molar-refractivity contribution in [1.29, 1.82) is 0 Å². The molecular weight excluding hydrogens is 352 g/mol. The van der Waals surface area contributed by atoms with E-state index in [2.05, 4.69) is 21.7 Å². The molecule has 0 radical (unpaired) electrons. The number of Topliss-reactive ketones (excluding diaryl/α,β-unsaturated/α-hetero) is 1. The Morgan fingerprint density at radius 3 is 2.86 bits per heavy atom. The molecule has 0 amide bonds. The van der Waals surface area contributed by atoms with Crippen LogP contribution in [0, 0.1) is 0 Å². The third-order valence-corrected chi connectivity index (χ3v) is 5.42. The fourth-order valence-electron chi connectivity index (χ4n) is 3.95. The van der Waals surface area contributed by atoms with Crippen LogP contribution in [0.2, 0.25) is 0 Å². The number of fused-ring (bicyclic) bond motifs is 4. The molecule has 1 N–H and O–H groups in total. The van der Waals surface area contributed by atoms with Crippen LogP contribution in [0.25, 0.3) is 22.2 Å². The van der Waals surface area contributed by atoms with Crippen molar-refractivity contribution in [3.63, 3.8) is 0 Å². The number of furan rings is 1. The Labute approximate surface area is 162 Å². The molecule has 2 aromatic carbocycles. The summed E-state index contributed by atoms with van der Waals surface area (Å²) >= 11 is 0. The van der Waals surface area contributed by atoms with E-state index < -0.39 is 5.60 Å². The van der Waals surface area contributed by atoms with Crippen LogP contribution in [0.5, 0.6) is 0 Å². The summed E-state index contributed by atoms with van der Waals surface area (Å²) in [6.45, 7) is 3.36. The van der Waals surface area contributed by atoms with Gasteiger partial charge in [0.2, 0.25) is 0 Å². The van der Waals surface area contributed by atoms with Crippen molar-refractivity contribution in [3.8, 4) is 11.3 Å².